The van der Waals surface area contributed by atoms with E-state index in [1.807, 2.05) is 61.5 Å². The molecule has 26 heavy (non-hydrogen) atoms. The zero-order chi connectivity index (χ0) is 18.1. The van der Waals surface area contributed by atoms with Crippen LogP contribution in [0.4, 0.5) is 5.69 Å². The molecule has 0 radical (unpaired) electrons. The number of carbonyl (C=O) groups is 1. The van der Waals surface area contributed by atoms with Crippen molar-refractivity contribution < 1.29 is 9.21 Å². The standard InChI is InChI=1S/C19H17N5O2/c1-12-10-15-11-16(8-9-17(15)26-12)20-19(25)18(14-6-4-3-5-7-14)24-13(2)21-22-23-24/h3-11,18H,1-2H3,(H,20,25). The number of benzene rings is 2. The van der Waals surface area contributed by atoms with Gasteiger partial charge in [-0.05, 0) is 54.1 Å². The SMILES string of the molecule is Cc1cc2cc(NC(=O)C(c3ccccc3)n3nnnc3C)ccc2o1. The molecule has 0 bridgehead atoms. The number of nitrogens with zero attached hydrogens (tertiary/aromatic N) is 4. The lowest BCUT2D eigenvalue weighted by molar-refractivity contribution is -0.118. The summed E-state index contributed by atoms with van der Waals surface area (Å²) in [4.78, 5) is 13.1. The highest BCUT2D eigenvalue weighted by Gasteiger charge is 2.25. The fourth-order valence-corrected chi connectivity index (χ4v) is 2.98. The highest BCUT2D eigenvalue weighted by Crippen LogP contribution is 2.25. The molecular formula is C19H17N5O2. The van der Waals surface area contributed by atoms with Gasteiger partial charge in [0.1, 0.15) is 17.2 Å². The van der Waals surface area contributed by atoms with Crippen LogP contribution in [0, 0.1) is 13.8 Å². The maximum atomic E-state index is 13.1. The fraction of sp³-hybridized carbons (Fsp3) is 0.158. The van der Waals surface area contributed by atoms with E-state index in [-0.39, 0.29) is 5.91 Å². The van der Waals surface area contributed by atoms with E-state index in [0.717, 1.165) is 22.3 Å². The van der Waals surface area contributed by atoms with E-state index in [9.17, 15) is 4.79 Å². The molecule has 0 fully saturated rings. The van der Waals surface area contributed by atoms with Crippen molar-refractivity contribution in [2.75, 3.05) is 5.32 Å². The Morgan fingerprint density at radius 1 is 1.12 bits per heavy atom. The first kappa shape index (κ1) is 16.0. The summed E-state index contributed by atoms with van der Waals surface area (Å²) < 4.78 is 7.09. The highest BCUT2D eigenvalue weighted by molar-refractivity contribution is 5.97. The van der Waals surface area contributed by atoms with E-state index in [2.05, 4.69) is 20.8 Å². The van der Waals surface area contributed by atoms with Crippen LogP contribution in [0.25, 0.3) is 11.0 Å². The van der Waals surface area contributed by atoms with Crippen LogP contribution < -0.4 is 5.32 Å². The Balaban J connectivity index is 1.68. The minimum atomic E-state index is -0.659. The lowest BCUT2D eigenvalue weighted by atomic mass is 10.1. The minimum absolute atomic E-state index is 0.217. The molecule has 4 rings (SSSR count). The first-order valence-corrected chi connectivity index (χ1v) is 8.22. The Morgan fingerprint density at radius 2 is 1.92 bits per heavy atom. The van der Waals surface area contributed by atoms with E-state index in [0.29, 0.717) is 11.5 Å². The summed E-state index contributed by atoms with van der Waals surface area (Å²) in [6.45, 7) is 3.66. The predicted octanol–water partition coefficient (Wildman–Crippen LogP) is 3.26. The number of tetrazole rings is 1. The Bertz CT molecular complexity index is 1070. The average molecular weight is 347 g/mol. The van der Waals surface area contributed by atoms with Crippen molar-refractivity contribution in [1.82, 2.24) is 20.2 Å². The molecule has 0 spiro atoms. The number of fused-ring (bicyclic) bond motifs is 1. The first-order valence-electron chi connectivity index (χ1n) is 8.22. The second kappa shape index (κ2) is 6.44. The lowest BCUT2D eigenvalue weighted by Crippen LogP contribution is -2.28. The number of anilines is 1. The molecule has 130 valence electrons. The van der Waals surface area contributed by atoms with Gasteiger partial charge >= 0.3 is 0 Å². The number of hydrogen-bond donors (Lipinski definition) is 1. The molecule has 0 aliphatic heterocycles. The third-order valence-electron chi connectivity index (χ3n) is 4.17. The molecule has 2 aromatic carbocycles. The largest absolute Gasteiger partial charge is 0.461 e. The summed E-state index contributed by atoms with van der Waals surface area (Å²) in [6.07, 6.45) is 0. The third-order valence-corrected chi connectivity index (χ3v) is 4.17. The van der Waals surface area contributed by atoms with Gasteiger partial charge in [-0.2, -0.15) is 0 Å². The van der Waals surface area contributed by atoms with Crippen molar-refractivity contribution in [3.8, 4) is 0 Å². The van der Waals surface area contributed by atoms with Gasteiger partial charge in [-0.3, -0.25) is 4.79 Å². The Hall–Kier alpha value is -3.48. The Labute approximate surface area is 149 Å². The number of carbonyl (C=O) groups excluding carboxylic acids is 1. The summed E-state index contributed by atoms with van der Waals surface area (Å²) in [7, 11) is 0. The summed E-state index contributed by atoms with van der Waals surface area (Å²) in [5.74, 6) is 1.18. The fourth-order valence-electron chi connectivity index (χ4n) is 2.98. The van der Waals surface area contributed by atoms with Crippen LogP contribution in [0.1, 0.15) is 23.2 Å². The second-order valence-corrected chi connectivity index (χ2v) is 6.08. The molecule has 7 heteroatoms. The van der Waals surface area contributed by atoms with Crippen molar-refractivity contribution in [2.45, 2.75) is 19.9 Å². The van der Waals surface area contributed by atoms with Gasteiger partial charge in [0.15, 0.2) is 6.04 Å². The molecule has 1 atom stereocenters. The quantitative estimate of drug-likeness (QED) is 0.612. The van der Waals surface area contributed by atoms with Crippen LogP contribution in [-0.4, -0.2) is 26.1 Å². The first-order chi connectivity index (χ1) is 12.6. The molecule has 2 aromatic heterocycles. The van der Waals surface area contributed by atoms with Gasteiger partial charge < -0.3 is 9.73 Å². The molecule has 0 saturated carbocycles. The highest BCUT2D eigenvalue weighted by atomic mass is 16.3. The third kappa shape index (κ3) is 2.95. The molecular weight excluding hydrogens is 330 g/mol. The van der Waals surface area contributed by atoms with E-state index < -0.39 is 6.04 Å². The van der Waals surface area contributed by atoms with E-state index in [1.165, 1.54) is 4.68 Å². The molecule has 4 aromatic rings. The molecule has 7 nitrogen and oxygen atoms in total. The van der Waals surface area contributed by atoms with Gasteiger partial charge in [-0.25, -0.2) is 4.68 Å². The monoisotopic (exact) mass is 347 g/mol. The smallest absolute Gasteiger partial charge is 0.253 e. The number of amides is 1. The minimum Gasteiger partial charge on any atom is -0.461 e. The number of aromatic nitrogens is 4. The van der Waals surface area contributed by atoms with Crippen molar-refractivity contribution in [3.05, 3.63) is 71.7 Å². The number of hydrogen-bond acceptors (Lipinski definition) is 5. The average Bonchev–Trinajstić information content (AvgIpc) is 3.21. The zero-order valence-electron chi connectivity index (χ0n) is 14.4. The molecule has 1 amide bonds. The van der Waals surface area contributed by atoms with Gasteiger partial charge in [0.2, 0.25) is 0 Å². The van der Waals surface area contributed by atoms with Gasteiger partial charge in [-0.15, -0.1) is 5.10 Å². The second-order valence-electron chi connectivity index (χ2n) is 6.08. The molecule has 0 aliphatic carbocycles. The van der Waals surface area contributed by atoms with Gasteiger partial charge in [-0.1, -0.05) is 30.3 Å². The van der Waals surface area contributed by atoms with Crippen LogP contribution >= 0.6 is 0 Å². The zero-order valence-corrected chi connectivity index (χ0v) is 14.4. The van der Waals surface area contributed by atoms with Crippen LogP contribution in [0.5, 0.6) is 0 Å². The van der Waals surface area contributed by atoms with E-state index >= 15 is 0 Å². The normalized spacial score (nSPS) is 12.2. The summed E-state index contributed by atoms with van der Waals surface area (Å²) in [6, 6.07) is 16.3. The van der Waals surface area contributed by atoms with Gasteiger partial charge in [0.05, 0.1) is 0 Å². The maximum Gasteiger partial charge on any atom is 0.253 e. The molecule has 1 unspecified atom stereocenters. The van der Waals surface area contributed by atoms with Crippen LogP contribution in [-0.2, 0) is 4.79 Å². The Kier molecular flexibility index (Phi) is 3.96. The number of aryl methyl sites for hydroxylation is 2. The topological polar surface area (TPSA) is 85.8 Å². The molecule has 1 N–H and O–H groups in total. The van der Waals surface area contributed by atoms with Crippen molar-refractivity contribution in [1.29, 1.82) is 0 Å². The summed E-state index contributed by atoms with van der Waals surface area (Å²) >= 11 is 0. The maximum absolute atomic E-state index is 13.1. The van der Waals surface area contributed by atoms with Crippen LogP contribution in [0.2, 0.25) is 0 Å². The van der Waals surface area contributed by atoms with Gasteiger partial charge in [0, 0.05) is 11.1 Å². The van der Waals surface area contributed by atoms with Crippen molar-refractivity contribution >= 4 is 22.6 Å². The summed E-state index contributed by atoms with van der Waals surface area (Å²) in [5, 5.41) is 15.5. The molecule has 0 aliphatic rings. The van der Waals surface area contributed by atoms with Crippen molar-refractivity contribution in [3.63, 3.8) is 0 Å². The molecule has 2 heterocycles. The van der Waals surface area contributed by atoms with Crippen LogP contribution in [0.15, 0.2) is 59.0 Å². The number of nitrogens with one attached hydrogen (secondary N) is 1. The number of rotatable bonds is 4. The van der Waals surface area contributed by atoms with Gasteiger partial charge in [0.25, 0.3) is 5.91 Å². The van der Waals surface area contributed by atoms with E-state index in [1.54, 1.807) is 6.92 Å². The number of furan rings is 1. The van der Waals surface area contributed by atoms with E-state index in [4.69, 9.17) is 4.42 Å². The Morgan fingerprint density at radius 3 is 2.65 bits per heavy atom. The summed E-state index contributed by atoms with van der Waals surface area (Å²) in [5.41, 5.74) is 2.28. The lowest BCUT2D eigenvalue weighted by Gasteiger charge is -2.18. The predicted molar refractivity (Wildman–Crippen MR) is 96.7 cm³/mol. The molecule has 0 saturated heterocycles. The van der Waals surface area contributed by atoms with Crippen LogP contribution in [0.3, 0.4) is 0 Å². The van der Waals surface area contributed by atoms with Crippen molar-refractivity contribution in [2.24, 2.45) is 0 Å².